The summed E-state index contributed by atoms with van der Waals surface area (Å²) in [6.45, 7) is 3.38. The van der Waals surface area contributed by atoms with Crippen LogP contribution in [0.25, 0.3) is 0 Å². The Morgan fingerprint density at radius 3 is 2.81 bits per heavy atom. The summed E-state index contributed by atoms with van der Waals surface area (Å²) in [5.74, 6) is 0.927. The van der Waals surface area contributed by atoms with Gasteiger partial charge in [0.15, 0.2) is 0 Å². The fourth-order valence-corrected chi connectivity index (χ4v) is 3.22. The van der Waals surface area contributed by atoms with E-state index in [1.165, 1.54) is 24.3 Å². The molecule has 0 amide bonds. The molecule has 0 bridgehead atoms. The molecule has 16 heavy (non-hydrogen) atoms. The van der Waals surface area contributed by atoms with Gasteiger partial charge in [0.05, 0.1) is 6.04 Å². The van der Waals surface area contributed by atoms with Crippen LogP contribution in [0.4, 0.5) is 0 Å². The Morgan fingerprint density at radius 1 is 1.56 bits per heavy atom. The van der Waals surface area contributed by atoms with Gasteiger partial charge in [0, 0.05) is 17.5 Å². The number of thiophene rings is 1. The van der Waals surface area contributed by atoms with Gasteiger partial charge in [-0.1, -0.05) is 13.0 Å². The van der Waals surface area contributed by atoms with Gasteiger partial charge in [0.2, 0.25) is 0 Å². The number of hydrogen-bond acceptors (Lipinski definition) is 3. The van der Waals surface area contributed by atoms with Gasteiger partial charge in [0.1, 0.15) is 0 Å². The van der Waals surface area contributed by atoms with Gasteiger partial charge < -0.3 is 5.73 Å². The van der Waals surface area contributed by atoms with Gasteiger partial charge in [-0.15, -0.1) is 11.3 Å². The SMILES string of the molecule is CCC(N)C(c1cccs1)N(C)CC1CC1. The monoisotopic (exact) mass is 238 g/mol. The summed E-state index contributed by atoms with van der Waals surface area (Å²) >= 11 is 1.83. The van der Waals surface area contributed by atoms with Crippen molar-refractivity contribution in [3.05, 3.63) is 22.4 Å². The molecule has 2 N–H and O–H groups in total. The molecule has 2 nitrogen and oxygen atoms in total. The van der Waals surface area contributed by atoms with Gasteiger partial charge in [0.25, 0.3) is 0 Å². The Labute approximate surface area is 102 Å². The van der Waals surface area contributed by atoms with Crippen LogP contribution < -0.4 is 5.73 Å². The van der Waals surface area contributed by atoms with Crippen molar-refractivity contribution in [3.63, 3.8) is 0 Å². The summed E-state index contributed by atoms with van der Waals surface area (Å²) in [5, 5.41) is 2.15. The van der Waals surface area contributed by atoms with Crippen molar-refractivity contribution in [3.8, 4) is 0 Å². The van der Waals surface area contributed by atoms with E-state index in [-0.39, 0.29) is 6.04 Å². The molecule has 0 spiro atoms. The molecule has 0 radical (unpaired) electrons. The molecule has 1 aliphatic rings. The quantitative estimate of drug-likeness (QED) is 0.825. The van der Waals surface area contributed by atoms with Crippen molar-refractivity contribution in [2.75, 3.05) is 13.6 Å². The highest BCUT2D eigenvalue weighted by Crippen LogP contribution is 2.34. The predicted molar refractivity (Wildman–Crippen MR) is 70.7 cm³/mol. The third-order valence-electron chi connectivity index (χ3n) is 3.43. The van der Waals surface area contributed by atoms with E-state index >= 15 is 0 Å². The number of nitrogens with zero attached hydrogens (tertiary/aromatic N) is 1. The van der Waals surface area contributed by atoms with Crippen LogP contribution in [0.1, 0.15) is 37.1 Å². The largest absolute Gasteiger partial charge is 0.326 e. The van der Waals surface area contributed by atoms with E-state index in [4.69, 9.17) is 5.73 Å². The maximum absolute atomic E-state index is 6.27. The van der Waals surface area contributed by atoms with E-state index in [0.29, 0.717) is 6.04 Å². The molecule has 0 saturated heterocycles. The van der Waals surface area contributed by atoms with E-state index in [1.54, 1.807) is 0 Å². The number of nitrogens with two attached hydrogens (primary N) is 1. The molecule has 0 aromatic carbocycles. The van der Waals surface area contributed by atoms with Crippen molar-refractivity contribution >= 4 is 11.3 Å². The van der Waals surface area contributed by atoms with Gasteiger partial charge in [-0.3, -0.25) is 4.90 Å². The molecule has 1 heterocycles. The molecule has 3 heteroatoms. The van der Waals surface area contributed by atoms with Crippen LogP contribution in [-0.4, -0.2) is 24.5 Å². The fourth-order valence-electron chi connectivity index (χ4n) is 2.26. The second-order valence-electron chi connectivity index (χ2n) is 4.92. The van der Waals surface area contributed by atoms with Crippen molar-refractivity contribution in [2.45, 2.75) is 38.3 Å². The van der Waals surface area contributed by atoms with Crippen molar-refractivity contribution in [1.29, 1.82) is 0 Å². The summed E-state index contributed by atoms with van der Waals surface area (Å²) in [6.07, 6.45) is 3.85. The number of hydrogen-bond donors (Lipinski definition) is 1. The maximum Gasteiger partial charge on any atom is 0.0590 e. The van der Waals surface area contributed by atoms with Crippen molar-refractivity contribution in [1.82, 2.24) is 4.90 Å². The van der Waals surface area contributed by atoms with E-state index in [1.807, 2.05) is 11.3 Å². The molecule has 1 fully saturated rings. The lowest BCUT2D eigenvalue weighted by Gasteiger charge is -2.31. The second-order valence-corrected chi connectivity index (χ2v) is 5.89. The molecule has 1 aromatic rings. The lowest BCUT2D eigenvalue weighted by molar-refractivity contribution is 0.205. The van der Waals surface area contributed by atoms with Crippen LogP contribution in [0.15, 0.2) is 17.5 Å². The average Bonchev–Trinajstić information content (AvgIpc) is 2.92. The van der Waals surface area contributed by atoms with Gasteiger partial charge in [-0.05, 0) is 43.7 Å². The average molecular weight is 238 g/mol. The zero-order chi connectivity index (χ0) is 11.5. The zero-order valence-corrected chi connectivity index (χ0v) is 11.0. The lowest BCUT2D eigenvalue weighted by atomic mass is 10.0. The first-order chi connectivity index (χ1) is 7.72. The van der Waals surface area contributed by atoms with Gasteiger partial charge >= 0.3 is 0 Å². The smallest absolute Gasteiger partial charge is 0.0590 e. The van der Waals surface area contributed by atoms with Crippen LogP contribution in [0.2, 0.25) is 0 Å². The van der Waals surface area contributed by atoms with Crippen LogP contribution in [0.3, 0.4) is 0 Å². The first kappa shape index (κ1) is 12.1. The molecule has 1 saturated carbocycles. The minimum absolute atomic E-state index is 0.252. The predicted octanol–water partition coefficient (Wildman–Crippen LogP) is 2.87. The van der Waals surface area contributed by atoms with Crippen molar-refractivity contribution in [2.24, 2.45) is 11.7 Å². The van der Waals surface area contributed by atoms with Gasteiger partial charge in [-0.25, -0.2) is 0 Å². The summed E-state index contributed by atoms with van der Waals surface area (Å²) in [6, 6.07) is 5.00. The normalized spacial score (nSPS) is 20.0. The first-order valence-corrected chi connectivity index (χ1v) is 7.09. The third kappa shape index (κ3) is 2.84. The Balaban J connectivity index is 2.06. The summed E-state index contributed by atoms with van der Waals surface area (Å²) in [7, 11) is 2.22. The van der Waals surface area contributed by atoms with E-state index in [2.05, 4.69) is 36.4 Å². The summed E-state index contributed by atoms with van der Waals surface area (Å²) in [5.41, 5.74) is 6.27. The fraction of sp³-hybridized carbons (Fsp3) is 0.692. The highest BCUT2D eigenvalue weighted by Gasteiger charge is 2.29. The Morgan fingerprint density at radius 2 is 2.31 bits per heavy atom. The maximum atomic E-state index is 6.27. The minimum Gasteiger partial charge on any atom is -0.326 e. The highest BCUT2D eigenvalue weighted by molar-refractivity contribution is 7.10. The molecule has 2 atom stereocenters. The van der Waals surface area contributed by atoms with Crippen LogP contribution in [-0.2, 0) is 0 Å². The number of likely N-dealkylation sites (N-methyl/N-ethyl adjacent to an activating group) is 1. The van der Waals surface area contributed by atoms with E-state index < -0.39 is 0 Å². The minimum atomic E-state index is 0.252. The van der Waals surface area contributed by atoms with Crippen LogP contribution >= 0.6 is 11.3 Å². The molecule has 1 aromatic heterocycles. The summed E-state index contributed by atoms with van der Waals surface area (Å²) in [4.78, 5) is 3.87. The lowest BCUT2D eigenvalue weighted by Crippen LogP contribution is -2.39. The third-order valence-corrected chi connectivity index (χ3v) is 4.37. The molecule has 1 aliphatic carbocycles. The molecule has 0 aliphatic heterocycles. The Hall–Kier alpha value is -0.380. The first-order valence-electron chi connectivity index (χ1n) is 6.21. The molecule has 2 unspecified atom stereocenters. The van der Waals surface area contributed by atoms with Gasteiger partial charge in [-0.2, -0.15) is 0 Å². The molecular weight excluding hydrogens is 216 g/mol. The number of rotatable bonds is 6. The topological polar surface area (TPSA) is 29.3 Å². The Kier molecular flexibility index (Phi) is 4.00. The highest BCUT2D eigenvalue weighted by atomic mass is 32.1. The molecule has 90 valence electrons. The Bertz CT molecular complexity index is 306. The zero-order valence-electron chi connectivity index (χ0n) is 10.2. The second kappa shape index (κ2) is 5.30. The standard InChI is InChI=1S/C13H22N2S/c1-3-11(14)13(12-5-4-8-16-12)15(2)9-10-6-7-10/h4-5,8,10-11,13H,3,6-7,9,14H2,1-2H3. The van der Waals surface area contributed by atoms with E-state index in [9.17, 15) is 0 Å². The molecular formula is C13H22N2S. The van der Waals surface area contributed by atoms with Crippen LogP contribution in [0.5, 0.6) is 0 Å². The molecule has 2 rings (SSSR count). The summed E-state index contributed by atoms with van der Waals surface area (Å²) < 4.78 is 0. The van der Waals surface area contributed by atoms with Crippen molar-refractivity contribution < 1.29 is 0 Å². The van der Waals surface area contributed by atoms with E-state index in [0.717, 1.165) is 12.3 Å². The van der Waals surface area contributed by atoms with Crippen LogP contribution in [0, 0.1) is 5.92 Å².